The third-order valence-electron chi connectivity index (χ3n) is 3.36. The number of hydrogen-bond acceptors (Lipinski definition) is 5. The molecule has 1 aromatic carbocycles. The molecular formula is C18H22ClNO4. The lowest BCUT2D eigenvalue weighted by Crippen LogP contribution is -2.22. The van der Waals surface area contributed by atoms with E-state index in [1.807, 2.05) is 0 Å². The van der Waals surface area contributed by atoms with Crippen LogP contribution in [0.15, 0.2) is 30.0 Å². The molecule has 130 valence electrons. The topological polar surface area (TPSA) is 72.5 Å². The van der Waals surface area contributed by atoms with Gasteiger partial charge in [-0.25, -0.2) is 4.79 Å². The second-order valence-corrected chi connectivity index (χ2v) is 6.28. The zero-order valence-corrected chi connectivity index (χ0v) is 15.2. The number of Topliss-reactive ketones (excluding diaryl/α,β-unsaturated/α-hetero) is 2. The summed E-state index contributed by atoms with van der Waals surface area (Å²) in [7, 11) is 1.26. The highest BCUT2D eigenvalue weighted by atomic mass is 35.5. The zero-order chi connectivity index (χ0) is 18.4. The fraction of sp³-hybridized carbons (Fsp3) is 0.389. The maximum absolute atomic E-state index is 12.3. The number of carbonyl (C=O) groups is 3. The summed E-state index contributed by atoms with van der Waals surface area (Å²) < 4.78 is 4.66. The fourth-order valence-corrected chi connectivity index (χ4v) is 2.20. The fourth-order valence-electron chi connectivity index (χ4n) is 1.95. The van der Waals surface area contributed by atoms with Crippen molar-refractivity contribution in [1.82, 2.24) is 0 Å². The molecule has 0 aliphatic carbocycles. The van der Waals surface area contributed by atoms with Crippen LogP contribution >= 0.6 is 11.6 Å². The molecule has 0 saturated carbocycles. The third-order valence-corrected chi connectivity index (χ3v) is 3.76. The number of nitrogens with one attached hydrogen (secondary N) is 1. The highest BCUT2D eigenvalue weighted by Gasteiger charge is 2.23. The average Bonchev–Trinajstić information content (AvgIpc) is 2.54. The standard InChI is InChI=1S/C18H22ClNO4/c1-10(2)16(21)13(17(22)11(3)4)9-20-14-8-6-7-12(15(14)19)18(23)24-5/h6-11,20H,1-5H3. The van der Waals surface area contributed by atoms with Crippen molar-refractivity contribution >= 4 is 34.8 Å². The third kappa shape index (κ3) is 4.68. The molecule has 24 heavy (non-hydrogen) atoms. The number of benzene rings is 1. The molecule has 1 aromatic rings. The summed E-state index contributed by atoms with van der Waals surface area (Å²) in [4.78, 5) is 36.2. The number of ether oxygens (including phenoxy) is 1. The Labute approximate surface area is 147 Å². The van der Waals surface area contributed by atoms with Crippen LogP contribution in [0.1, 0.15) is 38.1 Å². The van der Waals surface area contributed by atoms with Gasteiger partial charge in [-0.1, -0.05) is 45.4 Å². The predicted octanol–water partition coefficient (Wildman–Crippen LogP) is 3.87. The Morgan fingerprint density at radius 2 is 1.62 bits per heavy atom. The molecule has 0 heterocycles. The van der Waals surface area contributed by atoms with Gasteiger partial charge >= 0.3 is 5.97 Å². The molecule has 0 atom stereocenters. The molecule has 0 aliphatic heterocycles. The Morgan fingerprint density at radius 3 is 2.08 bits per heavy atom. The van der Waals surface area contributed by atoms with E-state index in [0.717, 1.165) is 0 Å². The van der Waals surface area contributed by atoms with E-state index in [2.05, 4.69) is 10.1 Å². The zero-order valence-electron chi connectivity index (χ0n) is 14.5. The minimum Gasteiger partial charge on any atom is -0.465 e. The number of allylic oxidation sites excluding steroid dienone is 1. The van der Waals surface area contributed by atoms with Gasteiger partial charge in [-0.2, -0.15) is 0 Å². The number of ketones is 2. The van der Waals surface area contributed by atoms with E-state index >= 15 is 0 Å². The van der Waals surface area contributed by atoms with Crippen molar-refractivity contribution < 1.29 is 19.1 Å². The maximum Gasteiger partial charge on any atom is 0.339 e. The molecule has 6 heteroatoms. The van der Waals surface area contributed by atoms with Crippen LogP contribution in [0.25, 0.3) is 0 Å². The Hall–Kier alpha value is -2.14. The summed E-state index contributed by atoms with van der Waals surface area (Å²) in [6.07, 6.45) is 1.35. The van der Waals surface area contributed by atoms with Crippen molar-refractivity contribution in [3.63, 3.8) is 0 Å². The molecule has 5 nitrogen and oxygen atoms in total. The van der Waals surface area contributed by atoms with Crippen molar-refractivity contribution in [3.05, 3.63) is 40.6 Å². The highest BCUT2D eigenvalue weighted by Crippen LogP contribution is 2.27. The van der Waals surface area contributed by atoms with Crippen molar-refractivity contribution in [3.8, 4) is 0 Å². The normalized spacial score (nSPS) is 10.5. The number of esters is 1. The van der Waals surface area contributed by atoms with Gasteiger partial charge in [0, 0.05) is 18.0 Å². The predicted molar refractivity (Wildman–Crippen MR) is 94.2 cm³/mol. The number of carbonyl (C=O) groups excluding carboxylic acids is 3. The molecule has 1 rings (SSSR count). The monoisotopic (exact) mass is 351 g/mol. The van der Waals surface area contributed by atoms with E-state index in [-0.39, 0.29) is 39.6 Å². The van der Waals surface area contributed by atoms with Crippen LogP contribution in [0.2, 0.25) is 5.02 Å². The van der Waals surface area contributed by atoms with Crippen LogP contribution in [0, 0.1) is 11.8 Å². The van der Waals surface area contributed by atoms with E-state index in [4.69, 9.17) is 11.6 Å². The Kier molecular flexibility index (Phi) is 7.17. The summed E-state index contributed by atoms with van der Waals surface area (Å²) in [5.41, 5.74) is 0.689. The van der Waals surface area contributed by atoms with Crippen molar-refractivity contribution in [2.45, 2.75) is 27.7 Å². The van der Waals surface area contributed by atoms with Crippen LogP contribution in [0.5, 0.6) is 0 Å². The van der Waals surface area contributed by atoms with Crippen LogP contribution in [-0.2, 0) is 14.3 Å². The highest BCUT2D eigenvalue weighted by molar-refractivity contribution is 6.36. The van der Waals surface area contributed by atoms with Gasteiger partial charge in [-0.3, -0.25) is 9.59 Å². The van der Waals surface area contributed by atoms with Crippen LogP contribution in [0.3, 0.4) is 0 Å². The van der Waals surface area contributed by atoms with E-state index in [1.54, 1.807) is 39.8 Å². The lowest BCUT2D eigenvalue weighted by molar-refractivity contribution is -0.124. The van der Waals surface area contributed by atoms with E-state index in [9.17, 15) is 14.4 Å². The molecule has 0 radical (unpaired) electrons. The summed E-state index contributed by atoms with van der Waals surface area (Å²) in [5.74, 6) is -1.68. The lowest BCUT2D eigenvalue weighted by atomic mass is 9.93. The van der Waals surface area contributed by atoms with Crippen molar-refractivity contribution in [1.29, 1.82) is 0 Å². The lowest BCUT2D eigenvalue weighted by Gasteiger charge is -2.13. The van der Waals surface area contributed by atoms with Gasteiger partial charge in [0.25, 0.3) is 0 Å². The minimum absolute atomic E-state index is 0.0829. The number of halogens is 1. The van der Waals surface area contributed by atoms with Crippen molar-refractivity contribution in [2.24, 2.45) is 11.8 Å². The van der Waals surface area contributed by atoms with Gasteiger partial charge in [-0.05, 0) is 12.1 Å². The van der Waals surface area contributed by atoms with Gasteiger partial charge in [0.1, 0.15) is 0 Å². The summed E-state index contributed by atoms with van der Waals surface area (Å²) in [5, 5.41) is 3.02. The quantitative estimate of drug-likeness (QED) is 0.349. The number of methoxy groups -OCH3 is 1. The second kappa shape index (κ2) is 8.64. The SMILES string of the molecule is COC(=O)c1cccc(NC=C(C(=O)C(C)C)C(=O)C(C)C)c1Cl. The molecule has 0 fully saturated rings. The number of hydrogen-bond donors (Lipinski definition) is 1. The van der Waals surface area contributed by atoms with Gasteiger partial charge in [0.05, 0.1) is 29.0 Å². The summed E-state index contributed by atoms with van der Waals surface area (Å²) in [6, 6.07) is 4.80. The minimum atomic E-state index is -0.565. The molecular weight excluding hydrogens is 330 g/mol. The Balaban J connectivity index is 3.21. The van der Waals surface area contributed by atoms with Gasteiger partial charge < -0.3 is 10.1 Å². The average molecular weight is 352 g/mol. The van der Waals surface area contributed by atoms with Crippen LogP contribution < -0.4 is 5.32 Å². The molecule has 0 aromatic heterocycles. The van der Waals surface area contributed by atoms with Gasteiger partial charge in [0.2, 0.25) is 0 Å². The molecule has 0 amide bonds. The molecule has 0 saturated heterocycles. The van der Waals surface area contributed by atoms with E-state index < -0.39 is 5.97 Å². The number of rotatable bonds is 7. The van der Waals surface area contributed by atoms with E-state index in [0.29, 0.717) is 5.69 Å². The second-order valence-electron chi connectivity index (χ2n) is 5.90. The smallest absolute Gasteiger partial charge is 0.339 e. The number of anilines is 1. The first kappa shape index (κ1) is 19.9. The molecule has 0 aliphatic rings. The Bertz CT molecular complexity index is 656. The summed E-state index contributed by atoms with van der Waals surface area (Å²) in [6.45, 7) is 6.92. The molecule has 0 bridgehead atoms. The maximum atomic E-state index is 12.3. The Morgan fingerprint density at radius 1 is 1.08 bits per heavy atom. The largest absolute Gasteiger partial charge is 0.465 e. The molecule has 1 N–H and O–H groups in total. The van der Waals surface area contributed by atoms with E-state index in [1.165, 1.54) is 19.4 Å². The van der Waals surface area contributed by atoms with Gasteiger partial charge in [-0.15, -0.1) is 0 Å². The van der Waals surface area contributed by atoms with Gasteiger partial charge in [0.15, 0.2) is 11.6 Å². The first-order valence-electron chi connectivity index (χ1n) is 7.62. The molecule has 0 unspecified atom stereocenters. The van der Waals surface area contributed by atoms with Crippen LogP contribution in [0.4, 0.5) is 5.69 Å². The first-order valence-corrected chi connectivity index (χ1v) is 8.00. The first-order chi connectivity index (χ1) is 11.2. The van der Waals surface area contributed by atoms with Crippen molar-refractivity contribution in [2.75, 3.05) is 12.4 Å². The van der Waals surface area contributed by atoms with Crippen LogP contribution in [-0.4, -0.2) is 24.6 Å². The summed E-state index contributed by atoms with van der Waals surface area (Å²) >= 11 is 6.19. The molecule has 0 spiro atoms.